The molecule has 14 nitrogen and oxygen atoms in total. The van der Waals surface area contributed by atoms with Gasteiger partial charge in [0.2, 0.25) is 23.1 Å². The van der Waals surface area contributed by atoms with Crippen molar-refractivity contribution in [2.24, 2.45) is 17.8 Å². The lowest BCUT2D eigenvalue weighted by Gasteiger charge is -2.48. The van der Waals surface area contributed by atoms with E-state index in [0.29, 0.717) is 18.8 Å². The van der Waals surface area contributed by atoms with Gasteiger partial charge in [-0.1, -0.05) is 77.1 Å². The fourth-order valence-electron chi connectivity index (χ4n) is 6.58. The second-order valence-electron chi connectivity index (χ2n) is 13.1. The van der Waals surface area contributed by atoms with E-state index in [0.717, 1.165) is 18.1 Å². The molecule has 3 rings (SSSR count). The van der Waals surface area contributed by atoms with Gasteiger partial charge in [0.15, 0.2) is 6.10 Å². The zero-order valence-electron chi connectivity index (χ0n) is 28.2. The number of aliphatic hydroxyl groups is 2. The van der Waals surface area contributed by atoms with Gasteiger partial charge in [-0.05, 0) is 42.2 Å². The maximum atomic E-state index is 13.0. The van der Waals surface area contributed by atoms with Crippen molar-refractivity contribution in [3.8, 4) is 0 Å². The molecule has 2 bridgehead atoms. The molecule has 0 aromatic heterocycles. The molecule has 0 amide bonds. The Morgan fingerprint density at radius 1 is 1.04 bits per heavy atom. The van der Waals surface area contributed by atoms with Crippen LogP contribution in [-0.2, 0) is 49.3 Å². The van der Waals surface area contributed by atoms with Crippen molar-refractivity contribution < 1.29 is 68.5 Å². The van der Waals surface area contributed by atoms with E-state index in [1.807, 2.05) is 51.1 Å². The molecule has 10 atom stereocenters. The lowest BCUT2D eigenvalue weighted by atomic mass is 9.96. The molecule has 2 aliphatic rings. The number of carbonyl (C=O) groups is 5. The minimum absolute atomic E-state index is 0.123. The van der Waals surface area contributed by atoms with Crippen molar-refractivity contribution in [3.05, 3.63) is 60.2 Å². The number of esters is 2. The number of aliphatic hydroxyl groups excluding tert-OH is 1. The largest absolute Gasteiger partial charge is 0.479 e. The smallest absolute Gasteiger partial charge is 0.344 e. The van der Waals surface area contributed by atoms with Gasteiger partial charge < -0.3 is 44.5 Å². The molecule has 2 heterocycles. The summed E-state index contributed by atoms with van der Waals surface area (Å²) in [5.41, 5.74) is -6.27. The zero-order chi connectivity index (χ0) is 36.9. The molecule has 1 aromatic rings. The summed E-state index contributed by atoms with van der Waals surface area (Å²) >= 11 is 0. The first-order valence-corrected chi connectivity index (χ1v) is 16.1. The Bertz CT molecular complexity index is 1440. The molecule has 49 heavy (non-hydrogen) atoms. The van der Waals surface area contributed by atoms with Gasteiger partial charge in [-0.2, -0.15) is 0 Å². The summed E-state index contributed by atoms with van der Waals surface area (Å²) in [6, 6.07) is 9.29. The van der Waals surface area contributed by atoms with Crippen molar-refractivity contribution >= 4 is 29.8 Å². The van der Waals surface area contributed by atoms with Crippen LogP contribution in [0.5, 0.6) is 0 Å². The van der Waals surface area contributed by atoms with Gasteiger partial charge in [0, 0.05) is 25.3 Å². The van der Waals surface area contributed by atoms with Gasteiger partial charge in [0.1, 0.15) is 12.2 Å². The van der Waals surface area contributed by atoms with E-state index in [1.165, 1.54) is 13.0 Å². The third-order valence-corrected chi connectivity index (χ3v) is 9.29. The van der Waals surface area contributed by atoms with E-state index in [4.69, 9.17) is 18.9 Å². The summed E-state index contributed by atoms with van der Waals surface area (Å²) in [6.45, 7) is 12.9. The fourth-order valence-corrected chi connectivity index (χ4v) is 6.58. The molecule has 14 heteroatoms. The average Bonchev–Trinajstić information content (AvgIpc) is 3.25. The summed E-state index contributed by atoms with van der Waals surface area (Å²) in [5.74, 6) is -11.3. The number of carboxylic acids is 3. The third-order valence-electron chi connectivity index (χ3n) is 9.29. The zero-order valence-corrected chi connectivity index (χ0v) is 28.2. The minimum atomic E-state index is -3.90. The van der Waals surface area contributed by atoms with Crippen LogP contribution in [0.4, 0.5) is 0 Å². The number of allylic oxidation sites excluding steroid dienone is 1. The molecule has 0 saturated carbocycles. The van der Waals surface area contributed by atoms with Crippen LogP contribution in [-0.4, -0.2) is 96.8 Å². The number of fused-ring (bicyclic) bond motifs is 2. The Labute approximate surface area is 284 Å². The number of benzene rings is 1. The van der Waals surface area contributed by atoms with E-state index < -0.39 is 77.7 Å². The Morgan fingerprint density at radius 3 is 2.20 bits per heavy atom. The number of aliphatic carboxylic acids is 3. The highest BCUT2D eigenvalue weighted by Gasteiger charge is 2.85. The van der Waals surface area contributed by atoms with E-state index in [1.54, 1.807) is 6.92 Å². The van der Waals surface area contributed by atoms with Crippen LogP contribution in [0.15, 0.2) is 54.6 Å². The van der Waals surface area contributed by atoms with Gasteiger partial charge >= 0.3 is 29.8 Å². The molecule has 0 spiro atoms. The fraction of sp³-hybridized carbons (Fsp3) is 0.571. The summed E-state index contributed by atoms with van der Waals surface area (Å²) in [5, 5.41) is 53.5. The molecule has 5 N–H and O–H groups in total. The number of hydrogen-bond acceptors (Lipinski definition) is 11. The van der Waals surface area contributed by atoms with Crippen LogP contribution < -0.4 is 0 Å². The topological polar surface area (TPSA) is 223 Å². The molecule has 1 aromatic carbocycles. The van der Waals surface area contributed by atoms with Crippen LogP contribution in [0.25, 0.3) is 0 Å². The van der Waals surface area contributed by atoms with Gasteiger partial charge in [0.05, 0.1) is 0 Å². The molecule has 270 valence electrons. The quantitative estimate of drug-likeness (QED) is 0.0681. The summed E-state index contributed by atoms with van der Waals surface area (Å²) in [7, 11) is 0. The molecule has 2 fully saturated rings. The average molecular weight is 704 g/mol. The molecule has 0 unspecified atom stereocenters. The second-order valence-corrected chi connectivity index (χ2v) is 13.1. The van der Waals surface area contributed by atoms with E-state index >= 15 is 0 Å². The van der Waals surface area contributed by atoms with Gasteiger partial charge in [-0.25, -0.2) is 19.2 Å². The first-order chi connectivity index (χ1) is 22.9. The number of carbonyl (C=O) groups excluding carboxylic acids is 2. The lowest BCUT2D eigenvalue weighted by Crippen LogP contribution is -2.78. The Morgan fingerprint density at radius 2 is 1.67 bits per heavy atom. The maximum absolute atomic E-state index is 13.0. The number of hydrogen-bond donors (Lipinski definition) is 5. The predicted molar refractivity (Wildman–Crippen MR) is 171 cm³/mol. The highest BCUT2D eigenvalue weighted by Crippen LogP contribution is 2.56. The molecule has 2 saturated heterocycles. The minimum Gasteiger partial charge on any atom is -0.479 e. The number of ether oxygens (including phenoxy) is 4. The molecule has 2 aliphatic heterocycles. The molecule has 0 aliphatic carbocycles. The Kier molecular flexibility index (Phi) is 12.5. The first kappa shape index (κ1) is 39.3. The first-order valence-electron chi connectivity index (χ1n) is 16.1. The molecule has 0 radical (unpaired) electrons. The van der Waals surface area contributed by atoms with Crippen molar-refractivity contribution in [1.29, 1.82) is 0 Å². The van der Waals surface area contributed by atoms with Crippen LogP contribution >= 0.6 is 0 Å². The van der Waals surface area contributed by atoms with Crippen LogP contribution in [0.3, 0.4) is 0 Å². The van der Waals surface area contributed by atoms with Crippen molar-refractivity contribution in [2.75, 3.05) is 0 Å². The highest BCUT2D eigenvalue weighted by molar-refractivity contribution is 5.98. The Hall–Kier alpha value is -4.11. The van der Waals surface area contributed by atoms with Crippen molar-refractivity contribution in [1.82, 2.24) is 0 Å². The van der Waals surface area contributed by atoms with E-state index in [-0.39, 0.29) is 23.8 Å². The van der Waals surface area contributed by atoms with Gasteiger partial charge in [-0.15, -0.1) is 0 Å². The maximum Gasteiger partial charge on any atom is 0.344 e. The van der Waals surface area contributed by atoms with Gasteiger partial charge in [0.25, 0.3) is 0 Å². The summed E-state index contributed by atoms with van der Waals surface area (Å²) in [6.07, 6.45) is -4.83. The molecular weight excluding hydrogens is 657 g/mol. The standard InChI is InChI=1S/C35H46O14/c1-7-19(2)17-20(3)13-14-25(37)47-28-27(38)33(48-29(30(39)40)34(45,31(41)42)35(28,49-33)32(43)44)16-15-21(4)26(46-23(6)36)22(5)18-24-11-9-8-10-12-24/h8-14,19-20,22,26-29,38,45H,4,7,15-18H2,1-3,5-6H3,(H,39,40)(H,41,42)(H,43,44)/b14-13+/t19-,20+,22+,26-,27+,28+,29+,33-,34+,35-/m0/s1/i14+1,21+1,24+1,25+1,26+1,27+1,29+1,30+1,31+1,32+1,33+1,34+1,35+1. The Balaban J connectivity index is 2.02. The monoisotopic (exact) mass is 703 g/mol. The third kappa shape index (κ3) is 7.88. The summed E-state index contributed by atoms with van der Waals surface area (Å²) < 4.78 is 22.0. The van der Waals surface area contributed by atoms with E-state index in [9.17, 15) is 49.5 Å². The van der Waals surface area contributed by atoms with Crippen LogP contribution in [0.1, 0.15) is 65.9 Å². The number of rotatable bonds is 17. The SMILES string of the molecule is C=[13C](CC[13C@]12O[13C@H]([13C](=O)O)[13C@@](O)([13C](=O)O)[13C@]([13C](=O)O)(O1)[C@H](O[13C](=O)/[13CH]=C/[C@@H](C)C[C@@H](C)CC)[13C@H]2O)[13C@H](OC(C)=O)[C@H](C)C[13c]1ccccc1. The predicted octanol–water partition coefficient (Wildman–Crippen LogP) is 2.88. The van der Waals surface area contributed by atoms with Crippen molar-refractivity contribution in [3.63, 3.8) is 0 Å². The van der Waals surface area contributed by atoms with E-state index in [2.05, 4.69) is 6.58 Å². The second kappa shape index (κ2) is 15.6. The highest BCUT2D eigenvalue weighted by atomic mass is 17.0. The van der Waals surface area contributed by atoms with Crippen LogP contribution in [0.2, 0.25) is 0 Å². The van der Waals surface area contributed by atoms with Gasteiger partial charge in [-0.3, -0.25) is 4.79 Å². The number of carboxylic acid groups (broad SMARTS) is 3. The lowest BCUT2D eigenvalue weighted by molar-refractivity contribution is -0.374. The summed E-state index contributed by atoms with van der Waals surface area (Å²) in [4.78, 5) is 63.0. The van der Waals surface area contributed by atoms with Crippen molar-refractivity contribution in [2.45, 2.75) is 108 Å². The molecular formula is C35H46O14. The van der Waals surface area contributed by atoms with Crippen LogP contribution in [0, 0.1) is 17.8 Å². The normalized spacial score (nSPS) is 30.1.